The van der Waals surface area contributed by atoms with E-state index in [2.05, 4.69) is 4.98 Å². The quantitative estimate of drug-likeness (QED) is 0.878. The Labute approximate surface area is 95.4 Å². The van der Waals surface area contributed by atoms with Gasteiger partial charge in [-0.05, 0) is 13.0 Å². The summed E-state index contributed by atoms with van der Waals surface area (Å²) in [6.45, 7) is 1.93. The van der Waals surface area contributed by atoms with Gasteiger partial charge < -0.3 is 5.73 Å². The highest BCUT2D eigenvalue weighted by atomic mass is 35.5. The fraction of sp³-hybridized carbons (Fsp3) is 0.222. The molecule has 0 saturated carbocycles. The Morgan fingerprint density at radius 1 is 1.43 bits per heavy atom. The van der Waals surface area contributed by atoms with Crippen LogP contribution in [-0.4, -0.2) is 4.98 Å². The first kappa shape index (κ1) is 10.1. The Morgan fingerprint density at radius 2 is 2.21 bits per heavy atom. The fourth-order valence-corrected chi connectivity index (χ4v) is 2.74. The first-order chi connectivity index (χ1) is 6.66. The molecule has 0 radical (unpaired) electrons. The molecule has 1 unspecified atom stereocenters. The fourth-order valence-electron chi connectivity index (χ4n) is 1.07. The zero-order chi connectivity index (χ0) is 10.1. The van der Waals surface area contributed by atoms with Gasteiger partial charge in [-0.2, -0.15) is 0 Å². The van der Waals surface area contributed by atoms with E-state index in [9.17, 15) is 0 Å². The minimum Gasteiger partial charge on any atom is -0.322 e. The highest BCUT2D eigenvalue weighted by molar-refractivity contribution is 7.14. The molecule has 0 fully saturated rings. The van der Waals surface area contributed by atoms with Crippen molar-refractivity contribution >= 4 is 34.3 Å². The van der Waals surface area contributed by atoms with Gasteiger partial charge in [-0.25, -0.2) is 4.98 Å². The van der Waals surface area contributed by atoms with Crippen molar-refractivity contribution in [3.05, 3.63) is 26.2 Å². The monoisotopic (exact) mass is 244 g/mol. The summed E-state index contributed by atoms with van der Waals surface area (Å²) in [7, 11) is 0. The number of halogens is 1. The number of rotatable bonds is 2. The van der Waals surface area contributed by atoms with Crippen LogP contribution in [0.25, 0.3) is 11.3 Å². The summed E-state index contributed by atoms with van der Waals surface area (Å²) in [4.78, 5) is 4.43. The number of aromatic nitrogens is 1. The van der Waals surface area contributed by atoms with E-state index in [4.69, 9.17) is 17.3 Å². The van der Waals surface area contributed by atoms with Crippen molar-refractivity contribution in [2.24, 2.45) is 5.73 Å². The molecule has 1 atom stereocenters. The Morgan fingerprint density at radius 3 is 2.71 bits per heavy atom. The third-order valence-corrected chi connectivity index (χ3v) is 3.91. The summed E-state index contributed by atoms with van der Waals surface area (Å²) in [6, 6.07) is 1.93. The van der Waals surface area contributed by atoms with Crippen molar-refractivity contribution in [2.75, 3.05) is 0 Å². The van der Waals surface area contributed by atoms with Crippen molar-refractivity contribution in [3.8, 4) is 11.3 Å². The predicted octanol–water partition coefficient (Wildman–Crippen LogP) is 3.54. The van der Waals surface area contributed by atoms with Crippen LogP contribution in [-0.2, 0) is 0 Å². The van der Waals surface area contributed by atoms with Crippen molar-refractivity contribution in [2.45, 2.75) is 13.0 Å². The van der Waals surface area contributed by atoms with E-state index in [0.717, 1.165) is 20.6 Å². The molecule has 2 aromatic rings. The van der Waals surface area contributed by atoms with Gasteiger partial charge in [0.05, 0.1) is 16.1 Å². The molecular weight excluding hydrogens is 236 g/mol. The molecule has 5 heteroatoms. The molecule has 2 rings (SSSR count). The topological polar surface area (TPSA) is 38.9 Å². The van der Waals surface area contributed by atoms with Crippen molar-refractivity contribution < 1.29 is 0 Å². The number of thiazole rings is 1. The van der Waals surface area contributed by atoms with Crippen LogP contribution in [0.3, 0.4) is 0 Å². The third-order valence-electron chi connectivity index (χ3n) is 1.77. The second kappa shape index (κ2) is 3.98. The van der Waals surface area contributed by atoms with E-state index >= 15 is 0 Å². The van der Waals surface area contributed by atoms with E-state index in [-0.39, 0.29) is 6.04 Å². The molecule has 0 saturated heterocycles. The maximum absolute atomic E-state index is 5.85. The maximum Gasteiger partial charge on any atom is 0.110 e. The van der Waals surface area contributed by atoms with Crippen LogP contribution in [0.5, 0.6) is 0 Å². The molecule has 0 amide bonds. The largest absolute Gasteiger partial charge is 0.322 e. The molecule has 0 aliphatic rings. The number of nitrogens with two attached hydrogens (primary N) is 1. The Hall–Kier alpha value is -0.420. The second-order valence-electron chi connectivity index (χ2n) is 3.00. The van der Waals surface area contributed by atoms with Crippen LogP contribution in [0.15, 0.2) is 16.8 Å². The lowest BCUT2D eigenvalue weighted by molar-refractivity contribution is 0.808. The van der Waals surface area contributed by atoms with Gasteiger partial charge in [0.2, 0.25) is 0 Å². The Kier molecular flexibility index (Phi) is 2.88. The van der Waals surface area contributed by atoms with E-state index in [1.165, 1.54) is 11.3 Å². The number of hydrogen-bond donors (Lipinski definition) is 1. The first-order valence-electron chi connectivity index (χ1n) is 4.12. The SMILES string of the molecule is CC(N)c1nc(-c2csc(Cl)c2)cs1. The van der Waals surface area contributed by atoms with Gasteiger partial charge in [0.15, 0.2) is 0 Å². The summed E-state index contributed by atoms with van der Waals surface area (Å²) in [6.07, 6.45) is 0. The molecule has 2 aromatic heterocycles. The van der Waals surface area contributed by atoms with Gasteiger partial charge >= 0.3 is 0 Å². The molecule has 0 aromatic carbocycles. The summed E-state index contributed by atoms with van der Waals surface area (Å²) in [5.74, 6) is 0. The van der Waals surface area contributed by atoms with Crippen molar-refractivity contribution in [1.29, 1.82) is 0 Å². The zero-order valence-electron chi connectivity index (χ0n) is 7.53. The van der Waals surface area contributed by atoms with Gasteiger partial charge in [0.1, 0.15) is 5.01 Å². The highest BCUT2D eigenvalue weighted by Crippen LogP contribution is 2.30. The third kappa shape index (κ3) is 1.98. The number of hydrogen-bond acceptors (Lipinski definition) is 4. The van der Waals surface area contributed by atoms with Crippen LogP contribution in [0.2, 0.25) is 4.34 Å². The zero-order valence-corrected chi connectivity index (χ0v) is 9.92. The summed E-state index contributed by atoms with van der Waals surface area (Å²) in [5, 5.41) is 4.97. The van der Waals surface area contributed by atoms with E-state index < -0.39 is 0 Å². The van der Waals surface area contributed by atoms with E-state index in [1.54, 1.807) is 11.3 Å². The Balaban J connectivity index is 2.33. The standard InChI is InChI=1S/C9H9ClN2S2/c1-5(11)9-12-7(4-14-9)6-2-8(10)13-3-6/h2-5H,11H2,1H3. The summed E-state index contributed by atoms with van der Waals surface area (Å²) < 4.78 is 0.787. The minimum absolute atomic E-state index is 0.00265. The van der Waals surface area contributed by atoms with Crippen LogP contribution >= 0.6 is 34.3 Å². The molecule has 14 heavy (non-hydrogen) atoms. The molecule has 0 aliphatic carbocycles. The molecule has 0 bridgehead atoms. The molecule has 74 valence electrons. The average Bonchev–Trinajstić information content (AvgIpc) is 2.70. The molecule has 2 N–H and O–H groups in total. The van der Waals surface area contributed by atoms with Crippen LogP contribution in [0.4, 0.5) is 0 Å². The lowest BCUT2D eigenvalue weighted by atomic mass is 10.3. The van der Waals surface area contributed by atoms with Crippen LogP contribution in [0, 0.1) is 0 Å². The maximum atomic E-state index is 5.85. The van der Waals surface area contributed by atoms with Gasteiger partial charge in [-0.1, -0.05) is 11.6 Å². The predicted molar refractivity (Wildman–Crippen MR) is 63.0 cm³/mol. The molecule has 0 aliphatic heterocycles. The molecule has 0 spiro atoms. The minimum atomic E-state index is 0.00265. The lowest BCUT2D eigenvalue weighted by Gasteiger charge is -1.96. The molecule has 2 nitrogen and oxygen atoms in total. The lowest BCUT2D eigenvalue weighted by Crippen LogP contribution is -2.03. The van der Waals surface area contributed by atoms with Gasteiger partial charge in [-0.15, -0.1) is 22.7 Å². The number of nitrogens with zero attached hydrogens (tertiary/aromatic N) is 1. The van der Waals surface area contributed by atoms with Crippen molar-refractivity contribution in [3.63, 3.8) is 0 Å². The second-order valence-corrected chi connectivity index (χ2v) is 5.43. The van der Waals surface area contributed by atoms with Crippen molar-refractivity contribution in [1.82, 2.24) is 4.98 Å². The normalized spacial score (nSPS) is 13.1. The molecule has 2 heterocycles. The first-order valence-corrected chi connectivity index (χ1v) is 6.26. The highest BCUT2D eigenvalue weighted by Gasteiger charge is 2.08. The van der Waals surface area contributed by atoms with Crippen LogP contribution in [0.1, 0.15) is 18.0 Å². The summed E-state index contributed by atoms with van der Waals surface area (Å²) in [5.41, 5.74) is 7.77. The van der Waals surface area contributed by atoms with Gasteiger partial charge in [-0.3, -0.25) is 0 Å². The van der Waals surface area contributed by atoms with Gasteiger partial charge in [0, 0.05) is 16.3 Å². The van der Waals surface area contributed by atoms with Gasteiger partial charge in [0.25, 0.3) is 0 Å². The average molecular weight is 245 g/mol. The van der Waals surface area contributed by atoms with E-state index in [0.29, 0.717) is 0 Å². The smallest absolute Gasteiger partial charge is 0.110 e. The summed E-state index contributed by atoms with van der Waals surface area (Å²) >= 11 is 8.95. The molecular formula is C9H9ClN2S2. The van der Waals surface area contributed by atoms with E-state index in [1.807, 2.05) is 23.8 Å². The number of thiophene rings is 1. The van der Waals surface area contributed by atoms with Crippen LogP contribution < -0.4 is 5.73 Å². The Bertz CT molecular complexity index is 433.